The normalized spacial score (nSPS) is 23.0. The van der Waals surface area contributed by atoms with Crippen LogP contribution in [0.3, 0.4) is 0 Å². The van der Waals surface area contributed by atoms with Gasteiger partial charge in [0.1, 0.15) is 35.5 Å². The molecule has 10 nitrogen and oxygen atoms in total. The van der Waals surface area contributed by atoms with Crippen molar-refractivity contribution in [2.75, 3.05) is 5.32 Å². The molecule has 1 aromatic heterocycles. The van der Waals surface area contributed by atoms with Crippen LogP contribution in [0.15, 0.2) is 77.2 Å². The lowest BCUT2D eigenvalue weighted by molar-refractivity contribution is -0.124. The van der Waals surface area contributed by atoms with E-state index < -0.39 is 35.7 Å². The molecule has 3 N–H and O–H groups in total. The molecular weight excluding hydrogens is 548 g/mol. The number of oxazole rings is 1. The highest BCUT2D eigenvalue weighted by Gasteiger charge is 2.60. The van der Waals surface area contributed by atoms with Gasteiger partial charge in [0.25, 0.3) is 0 Å². The summed E-state index contributed by atoms with van der Waals surface area (Å²) in [6.07, 6.45) is -0.434. The fourth-order valence-corrected chi connectivity index (χ4v) is 6.32. The van der Waals surface area contributed by atoms with Crippen molar-refractivity contribution in [3.8, 4) is 5.75 Å². The Hall–Kier alpha value is -5.12. The van der Waals surface area contributed by atoms with E-state index in [4.69, 9.17) is 13.9 Å². The third-order valence-electron chi connectivity index (χ3n) is 8.38. The fraction of sp³-hybridized carbons (Fsp3) is 0.273. The predicted octanol–water partition coefficient (Wildman–Crippen LogP) is 4.63. The van der Waals surface area contributed by atoms with E-state index in [1.165, 1.54) is 0 Å². The molecule has 3 aromatic carbocycles. The number of hydrogen-bond acceptors (Lipinski definition) is 8. The molecule has 43 heavy (non-hydrogen) atoms. The summed E-state index contributed by atoms with van der Waals surface area (Å²) < 4.78 is 18.4. The largest absolute Gasteiger partial charge is 0.469 e. The molecule has 3 aliphatic heterocycles. The zero-order valence-electron chi connectivity index (χ0n) is 23.6. The monoisotopic (exact) mass is 578 g/mol. The summed E-state index contributed by atoms with van der Waals surface area (Å²) >= 11 is 0. The third kappa shape index (κ3) is 4.32. The maximum Gasteiger partial charge on any atom is 0.408 e. The summed E-state index contributed by atoms with van der Waals surface area (Å²) in [5.41, 5.74) is 3.28. The number of alkyl carbamates (subject to hydrolysis) is 1. The van der Waals surface area contributed by atoms with Crippen molar-refractivity contribution >= 4 is 24.0 Å². The molecule has 4 aromatic rings. The van der Waals surface area contributed by atoms with E-state index in [-0.39, 0.29) is 30.5 Å². The molecule has 1 unspecified atom stereocenters. The Morgan fingerprint density at radius 1 is 1.09 bits per heavy atom. The quantitative estimate of drug-likeness (QED) is 0.292. The number of nitrogens with one attached hydrogen (secondary N) is 3. The van der Waals surface area contributed by atoms with Gasteiger partial charge < -0.3 is 29.8 Å². The summed E-state index contributed by atoms with van der Waals surface area (Å²) in [5.74, 6) is 0.600. The van der Waals surface area contributed by atoms with Gasteiger partial charge in [-0.15, -0.1) is 0 Å². The molecule has 4 atom stereocenters. The van der Waals surface area contributed by atoms with Gasteiger partial charge in [0.2, 0.25) is 11.8 Å². The molecule has 3 aliphatic rings. The number of rotatable bonds is 5. The Balaban J connectivity index is 1.34. The van der Waals surface area contributed by atoms with E-state index in [1.54, 1.807) is 0 Å². The number of hydrogen-bond donors (Lipinski definition) is 3. The smallest absolute Gasteiger partial charge is 0.408 e. The Bertz CT molecular complexity index is 1730. The van der Waals surface area contributed by atoms with Crippen LogP contribution in [-0.4, -0.2) is 35.5 Å². The first-order valence-corrected chi connectivity index (χ1v) is 14.3. The van der Waals surface area contributed by atoms with Gasteiger partial charge in [0.05, 0.1) is 0 Å². The Kier molecular flexibility index (Phi) is 6.41. The summed E-state index contributed by atoms with van der Waals surface area (Å²) in [7, 11) is 0. The van der Waals surface area contributed by atoms with Crippen molar-refractivity contribution in [3.63, 3.8) is 0 Å². The van der Waals surface area contributed by atoms with E-state index in [0.29, 0.717) is 17.8 Å². The second-order valence-electron chi connectivity index (χ2n) is 11.4. The lowest BCUT2D eigenvalue weighted by Gasteiger charge is -2.28. The molecule has 0 aliphatic carbocycles. The van der Waals surface area contributed by atoms with Crippen molar-refractivity contribution in [2.24, 2.45) is 5.92 Å². The average molecular weight is 579 g/mol. The van der Waals surface area contributed by atoms with Crippen molar-refractivity contribution < 1.29 is 28.3 Å². The summed E-state index contributed by atoms with van der Waals surface area (Å²) in [6.45, 7) is 3.91. The molecule has 7 rings (SSSR count). The summed E-state index contributed by atoms with van der Waals surface area (Å²) in [5, 5.41) is 9.23. The van der Waals surface area contributed by atoms with Crippen LogP contribution in [0, 0.1) is 5.92 Å². The first kappa shape index (κ1) is 26.8. The van der Waals surface area contributed by atoms with Gasteiger partial charge in [-0.2, -0.15) is 0 Å². The van der Waals surface area contributed by atoms with Crippen LogP contribution in [-0.2, 0) is 28.0 Å². The highest BCUT2D eigenvalue weighted by Crippen LogP contribution is 2.58. The third-order valence-corrected chi connectivity index (χ3v) is 8.38. The molecule has 0 saturated carbocycles. The van der Waals surface area contributed by atoms with Gasteiger partial charge in [-0.1, -0.05) is 74.5 Å². The van der Waals surface area contributed by atoms with Gasteiger partial charge in [0.15, 0.2) is 18.3 Å². The zero-order chi connectivity index (χ0) is 29.7. The standard InChI is InChI=1S/C33H30N4O6/c1-18(2)27-30-34-25(16-38)28(43-30)33-21-10-6-7-11-23(21)35-31(33)42-26-13-12-20(14-22(26)33)15-24(29(39)37-27)36-32(40)41-17-19-8-4-3-5-9-19/h3-14,16,18,24,27,31,35H,15,17H2,1-2H3,(H,36,40)(H,37,39)/t24-,27-,31-,33?/m0/s1. The first-order valence-electron chi connectivity index (χ1n) is 14.3. The Morgan fingerprint density at radius 2 is 1.88 bits per heavy atom. The number of para-hydroxylation sites is 1. The molecule has 4 heterocycles. The molecule has 4 bridgehead atoms. The van der Waals surface area contributed by atoms with Gasteiger partial charge in [-0.3, -0.25) is 9.59 Å². The van der Waals surface area contributed by atoms with Gasteiger partial charge >= 0.3 is 6.09 Å². The number of anilines is 1. The van der Waals surface area contributed by atoms with Gasteiger partial charge in [-0.25, -0.2) is 9.78 Å². The minimum atomic E-state index is -1.01. The molecule has 2 amide bonds. The molecule has 0 fully saturated rings. The lowest BCUT2D eigenvalue weighted by atomic mass is 9.72. The number of fused-ring (bicyclic) bond motifs is 4. The second-order valence-corrected chi connectivity index (χ2v) is 11.4. The Morgan fingerprint density at radius 3 is 2.67 bits per heavy atom. The minimum Gasteiger partial charge on any atom is -0.469 e. The topological polar surface area (TPSA) is 132 Å². The van der Waals surface area contributed by atoms with Crippen LogP contribution in [0.1, 0.15) is 64.3 Å². The maximum absolute atomic E-state index is 13.8. The SMILES string of the molecule is CC(C)[C@@H]1NC(=O)[C@@H](NC(=O)OCc2ccccc2)Cc2ccc3c(c2)C2(c4ccccc4N[C@H]2O3)c2oc1nc2C=O. The number of benzene rings is 3. The van der Waals surface area contributed by atoms with Crippen molar-refractivity contribution in [1.29, 1.82) is 0 Å². The van der Waals surface area contributed by atoms with Gasteiger partial charge in [-0.05, 0) is 34.7 Å². The van der Waals surface area contributed by atoms with Crippen molar-refractivity contribution in [2.45, 2.75) is 50.6 Å². The number of carbonyl (C=O) groups excluding carboxylic acids is 3. The second kappa shape index (κ2) is 10.3. The van der Waals surface area contributed by atoms with Crippen LogP contribution in [0.4, 0.5) is 10.5 Å². The number of aromatic nitrogens is 1. The minimum absolute atomic E-state index is 0.0652. The van der Waals surface area contributed by atoms with Crippen LogP contribution in [0.2, 0.25) is 0 Å². The number of aldehydes is 1. The number of ether oxygens (including phenoxy) is 2. The van der Waals surface area contributed by atoms with Gasteiger partial charge in [0, 0.05) is 17.7 Å². The van der Waals surface area contributed by atoms with E-state index in [2.05, 4.69) is 20.9 Å². The number of carbonyl (C=O) groups is 3. The van der Waals surface area contributed by atoms with Crippen molar-refractivity contribution in [3.05, 3.63) is 112 Å². The highest BCUT2D eigenvalue weighted by atomic mass is 16.5. The molecule has 0 radical (unpaired) electrons. The zero-order valence-corrected chi connectivity index (χ0v) is 23.6. The van der Waals surface area contributed by atoms with Crippen LogP contribution in [0.5, 0.6) is 5.75 Å². The van der Waals surface area contributed by atoms with Crippen LogP contribution in [0.25, 0.3) is 0 Å². The molecule has 218 valence electrons. The molecule has 10 heteroatoms. The number of amides is 2. The maximum atomic E-state index is 13.8. The fourth-order valence-electron chi connectivity index (χ4n) is 6.32. The highest BCUT2D eigenvalue weighted by molar-refractivity contribution is 5.86. The first-order chi connectivity index (χ1) is 20.9. The summed E-state index contributed by atoms with van der Waals surface area (Å²) in [6, 6.07) is 21.2. The van der Waals surface area contributed by atoms with Crippen LogP contribution < -0.4 is 20.7 Å². The van der Waals surface area contributed by atoms with E-state index >= 15 is 0 Å². The predicted molar refractivity (Wildman–Crippen MR) is 156 cm³/mol. The molecule has 1 spiro atoms. The van der Waals surface area contributed by atoms with E-state index in [1.807, 2.05) is 86.6 Å². The average Bonchev–Trinajstić information content (AvgIpc) is 3.67. The van der Waals surface area contributed by atoms with Crippen molar-refractivity contribution in [1.82, 2.24) is 15.6 Å². The summed E-state index contributed by atoms with van der Waals surface area (Å²) in [4.78, 5) is 43.8. The van der Waals surface area contributed by atoms with E-state index in [0.717, 1.165) is 27.9 Å². The molecule has 0 saturated heterocycles. The molecular formula is C33H30N4O6. The number of nitrogens with zero attached hydrogens (tertiary/aromatic N) is 1. The van der Waals surface area contributed by atoms with E-state index in [9.17, 15) is 14.4 Å². The Labute approximate surface area is 247 Å². The van der Waals surface area contributed by atoms with Crippen LogP contribution >= 0.6 is 0 Å². The lowest BCUT2D eigenvalue weighted by Crippen LogP contribution is -2.49.